The quantitative estimate of drug-likeness (QED) is 0.618. The normalized spacial score (nSPS) is 15.8. The van der Waals surface area contributed by atoms with Crippen molar-refractivity contribution in [3.63, 3.8) is 0 Å². The van der Waals surface area contributed by atoms with Crippen molar-refractivity contribution < 1.29 is 9.18 Å². The van der Waals surface area contributed by atoms with Crippen molar-refractivity contribution in [2.75, 3.05) is 11.9 Å². The molecule has 1 amide bonds. The molecule has 0 spiro atoms. The third-order valence-electron chi connectivity index (χ3n) is 5.47. The van der Waals surface area contributed by atoms with Gasteiger partial charge in [0, 0.05) is 25.4 Å². The van der Waals surface area contributed by atoms with E-state index in [1.54, 1.807) is 44.0 Å². The van der Waals surface area contributed by atoms with Crippen LogP contribution >= 0.6 is 0 Å². The van der Waals surface area contributed by atoms with Crippen LogP contribution in [0.15, 0.2) is 49.2 Å². The second kappa shape index (κ2) is 9.59. The zero-order valence-corrected chi connectivity index (χ0v) is 17.5. The van der Waals surface area contributed by atoms with Crippen molar-refractivity contribution >= 4 is 17.5 Å². The minimum Gasteiger partial charge on any atom is -0.334 e. The summed E-state index contributed by atoms with van der Waals surface area (Å²) < 4.78 is 13.4. The van der Waals surface area contributed by atoms with Crippen LogP contribution in [0, 0.1) is 12.7 Å². The third-order valence-corrected chi connectivity index (χ3v) is 5.47. The van der Waals surface area contributed by atoms with Crippen molar-refractivity contribution in [2.24, 2.45) is 0 Å². The maximum absolute atomic E-state index is 13.4. The molecule has 31 heavy (non-hydrogen) atoms. The lowest BCUT2D eigenvalue weighted by molar-refractivity contribution is -0.132. The Bertz CT molecular complexity index is 1050. The zero-order valence-electron chi connectivity index (χ0n) is 17.5. The summed E-state index contributed by atoms with van der Waals surface area (Å²) in [5.74, 6) is 1.08. The third kappa shape index (κ3) is 5.20. The Balaban J connectivity index is 1.37. The van der Waals surface area contributed by atoms with E-state index in [1.165, 1.54) is 6.07 Å². The van der Waals surface area contributed by atoms with Gasteiger partial charge in [-0.2, -0.15) is 0 Å². The monoisotopic (exact) mass is 420 g/mol. The number of hydrogen-bond acceptors (Lipinski definition) is 6. The predicted octanol–water partition coefficient (Wildman–Crippen LogP) is 4.14. The van der Waals surface area contributed by atoms with Crippen LogP contribution in [0.5, 0.6) is 0 Å². The van der Waals surface area contributed by atoms with Crippen molar-refractivity contribution in [3.8, 4) is 0 Å². The van der Waals surface area contributed by atoms with E-state index in [0.717, 1.165) is 43.5 Å². The second-order valence-corrected chi connectivity index (χ2v) is 7.73. The number of halogens is 1. The minimum atomic E-state index is -0.197. The first-order valence-corrected chi connectivity index (χ1v) is 10.5. The maximum atomic E-state index is 13.4. The standard InChI is InChI=1S/C23H25FN6O/c1-16-12-17(7-8-18(16)24)4-2-6-23(31)30-11-3-5-20(30)19-13-26-15-22(28-19)29-21-14-25-9-10-27-21/h7-10,12-15,20H,2-6,11H2,1H3,(H,27,28,29). The number of nitrogens with one attached hydrogen (secondary N) is 1. The van der Waals surface area contributed by atoms with E-state index in [2.05, 4.69) is 25.3 Å². The Kier molecular flexibility index (Phi) is 6.45. The lowest BCUT2D eigenvalue weighted by Gasteiger charge is -2.24. The Morgan fingerprint density at radius 2 is 2.06 bits per heavy atom. The van der Waals surface area contributed by atoms with Crippen LogP contribution in [0.3, 0.4) is 0 Å². The highest BCUT2D eigenvalue weighted by Crippen LogP contribution is 2.32. The lowest BCUT2D eigenvalue weighted by atomic mass is 10.0. The smallest absolute Gasteiger partial charge is 0.223 e. The van der Waals surface area contributed by atoms with Gasteiger partial charge in [-0.1, -0.05) is 12.1 Å². The van der Waals surface area contributed by atoms with Crippen LogP contribution in [0.25, 0.3) is 0 Å². The number of aromatic nitrogens is 4. The molecular formula is C23H25FN6O. The number of aryl methyl sites for hydroxylation is 2. The molecule has 160 valence electrons. The molecule has 1 aliphatic heterocycles. The topological polar surface area (TPSA) is 83.9 Å². The van der Waals surface area contributed by atoms with Gasteiger partial charge >= 0.3 is 0 Å². The molecule has 2 aromatic heterocycles. The van der Waals surface area contributed by atoms with Gasteiger partial charge in [0.05, 0.1) is 30.3 Å². The summed E-state index contributed by atoms with van der Waals surface area (Å²) >= 11 is 0. The van der Waals surface area contributed by atoms with Crippen LogP contribution in [0.4, 0.5) is 16.0 Å². The molecule has 7 nitrogen and oxygen atoms in total. The van der Waals surface area contributed by atoms with Crippen LogP contribution in [-0.4, -0.2) is 37.3 Å². The fourth-order valence-electron chi connectivity index (χ4n) is 3.92. The molecule has 1 aliphatic rings. The van der Waals surface area contributed by atoms with E-state index in [-0.39, 0.29) is 17.8 Å². The molecule has 3 aromatic rings. The first-order valence-electron chi connectivity index (χ1n) is 10.5. The minimum absolute atomic E-state index is 0.0725. The summed E-state index contributed by atoms with van der Waals surface area (Å²) in [7, 11) is 0. The van der Waals surface area contributed by atoms with Gasteiger partial charge in [-0.3, -0.25) is 14.8 Å². The highest BCUT2D eigenvalue weighted by molar-refractivity contribution is 5.77. The van der Waals surface area contributed by atoms with Crippen LogP contribution in [0.2, 0.25) is 0 Å². The molecule has 1 unspecified atom stereocenters. The number of carbonyl (C=O) groups excluding carboxylic acids is 1. The molecule has 1 saturated heterocycles. The number of hydrogen-bond donors (Lipinski definition) is 1. The van der Waals surface area contributed by atoms with Gasteiger partial charge in [-0.05, 0) is 49.8 Å². The molecule has 1 aromatic carbocycles. The van der Waals surface area contributed by atoms with Crippen LogP contribution < -0.4 is 5.32 Å². The van der Waals surface area contributed by atoms with Crippen molar-refractivity contribution in [3.05, 3.63) is 71.8 Å². The van der Waals surface area contributed by atoms with E-state index < -0.39 is 0 Å². The molecule has 1 fully saturated rings. The predicted molar refractivity (Wildman–Crippen MR) is 115 cm³/mol. The van der Waals surface area contributed by atoms with E-state index in [1.807, 2.05) is 11.0 Å². The Labute approximate surface area is 180 Å². The van der Waals surface area contributed by atoms with Crippen LogP contribution in [-0.2, 0) is 11.2 Å². The van der Waals surface area contributed by atoms with Crippen LogP contribution in [0.1, 0.15) is 48.5 Å². The largest absolute Gasteiger partial charge is 0.334 e. The molecule has 4 rings (SSSR count). The molecule has 0 saturated carbocycles. The number of carbonyl (C=O) groups is 1. The number of amides is 1. The summed E-state index contributed by atoms with van der Waals surface area (Å²) in [5.41, 5.74) is 2.46. The number of likely N-dealkylation sites (tertiary alicyclic amines) is 1. The molecule has 8 heteroatoms. The molecule has 1 atom stereocenters. The number of benzene rings is 1. The number of rotatable bonds is 7. The number of anilines is 2. The zero-order chi connectivity index (χ0) is 21.6. The van der Waals surface area contributed by atoms with E-state index in [9.17, 15) is 9.18 Å². The van der Waals surface area contributed by atoms with Gasteiger partial charge in [0.2, 0.25) is 5.91 Å². The summed E-state index contributed by atoms with van der Waals surface area (Å²) in [6.07, 6.45) is 11.9. The number of nitrogens with zero attached hydrogens (tertiary/aromatic N) is 5. The molecule has 0 aliphatic carbocycles. The van der Waals surface area contributed by atoms with E-state index in [0.29, 0.717) is 23.6 Å². The molecule has 1 N–H and O–H groups in total. The summed E-state index contributed by atoms with van der Waals surface area (Å²) in [6.45, 7) is 2.48. The highest BCUT2D eigenvalue weighted by atomic mass is 19.1. The van der Waals surface area contributed by atoms with Crippen molar-refractivity contribution in [1.29, 1.82) is 0 Å². The Morgan fingerprint density at radius 3 is 2.87 bits per heavy atom. The molecule has 3 heterocycles. The van der Waals surface area contributed by atoms with Gasteiger partial charge in [-0.15, -0.1) is 0 Å². The van der Waals surface area contributed by atoms with Gasteiger partial charge < -0.3 is 10.2 Å². The average molecular weight is 420 g/mol. The van der Waals surface area contributed by atoms with Gasteiger partial charge in [0.1, 0.15) is 17.5 Å². The first kappa shape index (κ1) is 20.8. The maximum Gasteiger partial charge on any atom is 0.223 e. The summed E-state index contributed by atoms with van der Waals surface area (Å²) in [5, 5.41) is 3.10. The van der Waals surface area contributed by atoms with E-state index in [4.69, 9.17) is 0 Å². The summed E-state index contributed by atoms with van der Waals surface area (Å²) in [6, 6.07) is 5.06. The van der Waals surface area contributed by atoms with Gasteiger partial charge in [-0.25, -0.2) is 14.4 Å². The Hall–Kier alpha value is -3.42. The average Bonchev–Trinajstić information content (AvgIpc) is 3.27. The summed E-state index contributed by atoms with van der Waals surface area (Å²) in [4.78, 5) is 32.0. The van der Waals surface area contributed by atoms with Gasteiger partial charge in [0.15, 0.2) is 0 Å². The Morgan fingerprint density at radius 1 is 1.19 bits per heavy atom. The SMILES string of the molecule is Cc1cc(CCCC(=O)N2CCCC2c2cncc(Nc3cnccn3)n2)ccc1F. The van der Waals surface area contributed by atoms with Crippen molar-refractivity contribution in [2.45, 2.75) is 45.1 Å². The fourth-order valence-corrected chi connectivity index (χ4v) is 3.92. The molecule has 0 radical (unpaired) electrons. The molecular weight excluding hydrogens is 395 g/mol. The van der Waals surface area contributed by atoms with Gasteiger partial charge in [0.25, 0.3) is 0 Å². The lowest BCUT2D eigenvalue weighted by Crippen LogP contribution is -2.31. The highest BCUT2D eigenvalue weighted by Gasteiger charge is 2.30. The fraction of sp³-hybridized carbons (Fsp3) is 0.348. The second-order valence-electron chi connectivity index (χ2n) is 7.73. The van der Waals surface area contributed by atoms with Crippen molar-refractivity contribution in [1.82, 2.24) is 24.8 Å². The van der Waals surface area contributed by atoms with E-state index >= 15 is 0 Å². The molecule has 0 bridgehead atoms. The first-order chi connectivity index (χ1) is 15.1.